The van der Waals surface area contributed by atoms with Gasteiger partial charge in [-0.25, -0.2) is 0 Å². The molecule has 90 valence electrons. The van der Waals surface area contributed by atoms with Crippen LogP contribution < -0.4 is 5.32 Å². The van der Waals surface area contributed by atoms with E-state index in [-0.39, 0.29) is 5.54 Å². The Kier molecular flexibility index (Phi) is 3.37. The van der Waals surface area contributed by atoms with Gasteiger partial charge in [-0.2, -0.15) is 0 Å². The van der Waals surface area contributed by atoms with Gasteiger partial charge in [0.1, 0.15) is 0 Å². The molecule has 0 saturated heterocycles. The van der Waals surface area contributed by atoms with Crippen molar-refractivity contribution in [1.29, 1.82) is 0 Å². The first-order valence-electron chi connectivity index (χ1n) is 6.26. The van der Waals surface area contributed by atoms with Crippen LogP contribution >= 0.6 is 0 Å². The van der Waals surface area contributed by atoms with Crippen LogP contribution in [0.25, 0.3) is 0 Å². The van der Waals surface area contributed by atoms with Crippen LogP contribution in [-0.2, 0) is 0 Å². The van der Waals surface area contributed by atoms with Crippen LogP contribution in [0.3, 0.4) is 0 Å². The molecule has 1 heteroatoms. The molecule has 0 radical (unpaired) electrons. The van der Waals surface area contributed by atoms with E-state index in [1.54, 1.807) is 0 Å². The molecule has 0 bridgehead atoms. The zero-order chi connectivity index (χ0) is 12.3. The molecular formula is C16H21N. The third-order valence-corrected chi connectivity index (χ3v) is 3.28. The predicted octanol–water partition coefficient (Wildman–Crippen LogP) is 4.03. The van der Waals surface area contributed by atoms with Crippen LogP contribution in [0.5, 0.6) is 0 Å². The molecule has 0 spiro atoms. The summed E-state index contributed by atoms with van der Waals surface area (Å²) in [5.41, 5.74) is 3.99. The Bertz CT molecular complexity index is 446. The van der Waals surface area contributed by atoms with Crippen LogP contribution in [0, 0.1) is 0 Å². The maximum atomic E-state index is 3.61. The molecule has 1 atom stereocenters. The number of rotatable bonds is 2. The van der Waals surface area contributed by atoms with Gasteiger partial charge < -0.3 is 5.32 Å². The highest BCUT2D eigenvalue weighted by Gasteiger charge is 2.21. The zero-order valence-corrected chi connectivity index (χ0v) is 11.0. The van der Waals surface area contributed by atoms with Crippen molar-refractivity contribution in [3.63, 3.8) is 0 Å². The van der Waals surface area contributed by atoms with Gasteiger partial charge in [-0.15, -0.1) is 0 Å². The first-order valence-corrected chi connectivity index (χ1v) is 6.26. The van der Waals surface area contributed by atoms with Crippen molar-refractivity contribution in [2.45, 2.75) is 39.2 Å². The van der Waals surface area contributed by atoms with E-state index in [1.807, 2.05) is 0 Å². The van der Waals surface area contributed by atoms with E-state index in [4.69, 9.17) is 0 Å². The topological polar surface area (TPSA) is 12.0 Å². The molecule has 1 N–H and O–H groups in total. The van der Waals surface area contributed by atoms with Gasteiger partial charge >= 0.3 is 0 Å². The lowest BCUT2D eigenvalue weighted by Crippen LogP contribution is -2.39. The molecule has 2 rings (SSSR count). The standard InChI is InChI=1S/C16H21N/c1-13-5-4-6-15(8-7-13)17-16(3)11-9-14(2)10-12-16/h4,6-11,17H,5,12H2,1-3H3/t16-/m0/s1. The van der Waals surface area contributed by atoms with Gasteiger partial charge in [0.2, 0.25) is 0 Å². The highest BCUT2D eigenvalue weighted by atomic mass is 15.0. The third-order valence-electron chi connectivity index (χ3n) is 3.28. The predicted molar refractivity (Wildman–Crippen MR) is 74.7 cm³/mol. The molecule has 0 aromatic heterocycles. The van der Waals surface area contributed by atoms with E-state index in [9.17, 15) is 0 Å². The molecule has 0 aliphatic heterocycles. The first kappa shape index (κ1) is 12.0. The highest BCUT2D eigenvalue weighted by Crippen LogP contribution is 2.22. The Balaban J connectivity index is 2.09. The van der Waals surface area contributed by atoms with Gasteiger partial charge in [0.05, 0.1) is 5.54 Å². The van der Waals surface area contributed by atoms with Gasteiger partial charge in [-0.1, -0.05) is 41.5 Å². The minimum atomic E-state index is 0.0434. The molecule has 0 heterocycles. The molecule has 0 saturated carbocycles. The lowest BCUT2D eigenvalue weighted by molar-refractivity contribution is 0.489. The SMILES string of the molecule is CC1=CC[C@@](C)(NC2=CC=C(C)CC=C2)C=C1. The second-order valence-corrected chi connectivity index (χ2v) is 5.27. The summed E-state index contributed by atoms with van der Waals surface area (Å²) in [5, 5.41) is 3.61. The van der Waals surface area contributed by atoms with Crippen molar-refractivity contribution in [2.24, 2.45) is 0 Å². The Hall–Kier alpha value is -1.50. The molecule has 0 amide bonds. The maximum absolute atomic E-state index is 3.61. The average molecular weight is 227 g/mol. The highest BCUT2D eigenvalue weighted by molar-refractivity contribution is 5.34. The summed E-state index contributed by atoms with van der Waals surface area (Å²) in [4.78, 5) is 0. The summed E-state index contributed by atoms with van der Waals surface area (Å²) >= 11 is 0. The van der Waals surface area contributed by atoms with Crippen LogP contribution in [0.1, 0.15) is 33.6 Å². The molecule has 2 aliphatic rings. The second kappa shape index (κ2) is 4.79. The Morgan fingerprint density at radius 1 is 1.18 bits per heavy atom. The minimum Gasteiger partial charge on any atom is -0.376 e. The fraction of sp³-hybridized carbons (Fsp3) is 0.375. The summed E-state index contributed by atoms with van der Waals surface area (Å²) in [6.07, 6.45) is 17.6. The van der Waals surface area contributed by atoms with E-state index in [0.717, 1.165) is 12.8 Å². The molecule has 17 heavy (non-hydrogen) atoms. The van der Waals surface area contributed by atoms with Gasteiger partial charge in [-0.3, -0.25) is 0 Å². The normalized spacial score (nSPS) is 28.1. The molecular weight excluding hydrogens is 206 g/mol. The van der Waals surface area contributed by atoms with Crippen LogP contribution in [0.4, 0.5) is 0 Å². The van der Waals surface area contributed by atoms with Crippen LogP contribution in [0.2, 0.25) is 0 Å². The number of hydrogen-bond donors (Lipinski definition) is 1. The fourth-order valence-electron chi connectivity index (χ4n) is 2.06. The summed E-state index contributed by atoms with van der Waals surface area (Å²) < 4.78 is 0. The number of allylic oxidation sites excluding steroid dienone is 7. The van der Waals surface area contributed by atoms with Crippen LogP contribution in [-0.4, -0.2) is 5.54 Å². The van der Waals surface area contributed by atoms with Crippen molar-refractivity contribution < 1.29 is 0 Å². The average Bonchev–Trinajstić information content (AvgIpc) is 2.49. The van der Waals surface area contributed by atoms with Crippen molar-refractivity contribution in [1.82, 2.24) is 5.32 Å². The van der Waals surface area contributed by atoms with Crippen LogP contribution in [0.15, 0.2) is 59.4 Å². The Labute approximate surface area is 104 Å². The molecule has 0 aromatic rings. The van der Waals surface area contributed by atoms with Crippen molar-refractivity contribution >= 4 is 0 Å². The zero-order valence-electron chi connectivity index (χ0n) is 11.0. The van der Waals surface area contributed by atoms with E-state index >= 15 is 0 Å². The summed E-state index contributed by atoms with van der Waals surface area (Å²) in [6, 6.07) is 0. The number of nitrogens with one attached hydrogen (secondary N) is 1. The molecule has 0 fully saturated rings. The number of hydrogen-bond acceptors (Lipinski definition) is 1. The van der Waals surface area contributed by atoms with Gasteiger partial charge in [0.25, 0.3) is 0 Å². The summed E-state index contributed by atoms with van der Waals surface area (Å²) in [5.74, 6) is 0. The summed E-state index contributed by atoms with van der Waals surface area (Å²) in [6.45, 7) is 6.55. The molecule has 2 aliphatic carbocycles. The lowest BCUT2D eigenvalue weighted by atomic mass is 9.90. The Morgan fingerprint density at radius 2 is 2.00 bits per heavy atom. The minimum absolute atomic E-state index is 0.0434. The van der Waals surface area contributed by atoms with Gasteiger partial charge in [0, 0.05) is 5.70 Å². The van der Waals surface area contributed by atoms with Gasteiger partial charge in [0.15, 0.2) is 0 Å². The summed E-state index contributed by atoms with van der Waals surface area (Å²) in [7, 11) is 0. The first-order chi connectivity index (χ1) is 8.07. The van der Waals surface area contributed by atoms with Crippen molar-refractivity contribution in [3.8, 4) is 0 Å². The smallest absolute Gasteiger partial charge is 0.0565 e. The molecule has 0 unspecified atom stereocenters. The lowest BCUT2D eigenvalue weighted by Gasteiger charge is -2.30. The molecule has 1 nitrogen and oxygen atoms in total. The van der Waals surface area contributed by atoms with Crippen molar-refractivity contribution in [2.75, 3.05) is 0 Å². The largest absolute Gasteiger partial charge is 0.376 e. The van der Waals surface area contributed by atoms with Gasteiger partial charge in [-0.05, 0) is 45.8 Å². The van der Waals surface area contributed by atoms with E-state index in [1.165, 1.54) is 16.8 Å². The van der Waals surface area contributed by atoms with E-state index in [0.29, 0.717) is 0 Å². The quantitative estimate of drug-likeness (QED) is 0.751. The molecule has 0 aromatic carbocycles. The second-order valence-electron chi connectivity index (χ2n) is 5.27. The van der Waals surface area contributed by atoms with E-state index in [2.05, 4.69) is 68.6 Å². The van der Waals surface area contributed by atoms with E-state index < -0.39 is 0 Å². The third kappa shape index (κ3) is 3.23. The van der Waals surface area contributed by atoms with Crippen molar-refractivity contribution in [3.05, 3.63) is 59.4 Å². The monoisotopic (exact) mass is 227 g/mol. The maximum Gasteiger partial charge on any atom is 0.0565 e. The Morgan fingerprint density at radius 3 is 2.71 bits per heavy atom. The fourth-order valence-corrected chi connectivity index (χ4v) is 2.06.